The van der Waals surface area contributed by atoms with Gasteiger partial charge in [0.05, 0.1) is 5.92 Å². The average molecular weight is 224 g/mol. The normalized spacial score (nSPS) is 19.0. The molecule has 0 heterocycles. The minimum absolute atomic E-state index is 0.109. The Morgan fingerprint density at radius 3 is 2.75 bits per heavy atom. The molecule has 4 heteroatoms. The molecule has 0 fully saturated rings. The molecule has 2 rings (SSSR count). The van der Waals surface area contributed by atoms with Crippen LogP contribution < -0.4 is 0 Å². The second-order valence-corrected chi connectivity index (χ2v) is 3.98. The van der Waals surface area contributed by atoms with E-state index in [1.54, 1.807) is 18.2 Å². The minimum atomic E-state index is -3.07. The number of rotatable bonds is 2. The maximum atomic E-state index is 12.3. The molecular formula is C12H10F2O2. The second-order valence-electron chi connectivity index (χ2n) is 3.98. The van der Waals surface area contributed by atoms with Gasteiger partial charge in [-0.2, -0.15) is 0 Å². The maximum absolute atomic E-state index is 12.3. The summed E-state index contributed by atoms with van der Waals surface area (Å²) in [6.07, 6.45) is -2.96. The van der Waals surface area contributed by atoms with E-state index in [1.165, 1.54) is 0 Å². The first kappa shape index (κ1) is 10.9. The number of alkyl halides is 2. The molecule has 0 amide bonds. The lowest BCUT2D eigenvalue weighted by Crippen LogP contribution is -2.26. The fourth-order valence-corrected chi connectivity index (χ4v) is 1.98. The van der Waals surface area contributed by atoms with Crippen molar-refractivity contribution in [3.8, 4) is 0 Å². The number of benzene rings is 1. The summed E-state index contributed by atoms with van der Waals surface area (Å²) in [4.78, 5) is 22.9. The van der Waals surface area contributed by atoms with Gasteiger partial charge in [0, 0.05) is 5.56 Å². The molecule has 1 aromatic rings. The van der Waals surface area contributed by atoms with E-state index in [-0.39, 0.29) is 6.42 Å². The lowest BCUT2D eigenvalue weighted by Gasteiger charge is -2.04. The highest BCUT2D eigenvalue weighted by Gasteiger charge is 2.39. The summed E-state index contributed by atoms with van der Waals surface area (Å²) in [6, 6.07) is 5.18. The molecule has 1 aromatic carbocycles. The second kappa shape index (κ2) is 3.77. The van der Waals surface area contributed by atoms with Gasteiger partial charge in [0.1, 0.15) is 0 Å². The number of Topliss-reactive ketones (excluding diaryl/α,β-unsaturated/α-hetero) is 2. The SMILES string of the molecule is Cc1ccc2c(c1)C(=O)C(C(=O)C(F)F)C2. The van der Waals surface area contributed by atoms with Gasteiger partial charge in [-0.1, -0.05) is 17.7 Å². The van der Waals surface area contributed by atoms with Crippen molar-refractivity contribution >= 4 is 11.6 Å². The van der Waals surface area contributed by atoms with E-state index < -0.39 is 23.9 Å². The number of aryl methyl sites for hydroxylation is 1. The molecular weight excluding hydrogens is 214 g/mol. The van der Waals surface area contributed by atoms with E-state index in [1.807, 2.05) is 6.92 Å². The van der Waals surface area contributed by atoms with Crippen molar-refractivity contribution in [1.82, 2.24) is 0 Å². The first-order chi connectivity index (χ1) is 7.50. The summed E-state index contributed by atoms with van der Waals surface area (Å²) in [5, 5.41) is 0. The number of halogens is 2. The molecule has 0 radical (unpaired) electrons. The van der Waals surface area contributed by atoms with Gasteiger partial charge in [0.25, 0.3) is 6.43 Å². The van der Waals surface area contributed by atoms with Crippen molar-refractivity contribution in [3.63, 3.8) is 0 Å². The zero-order chi connectivity index (χ0) is 11.9. The highest BCUT2D eigenvalue weighted by atomic mass is 19.3. The first-order valence-corrected chi connectivity index (χ1v) is 4.96. The van der Waals surface area contributed by atoms with E-state index in [0.29, 0.717) is 11.1 Å². The average Bonchev–Trinajstić information content (AvgIpc) is 2.55. The van der Waals surface area contributed by atoms with Crippen molar-refractivity contribution in [2.45, 2.75) is 19.8 Å². The van der Waals surface area contributed by atoms with Crippen molar-refractivity contribution in [1.29, 1.82) is 0 Å². The topological polar surface area (TPSA) is 34.1 Å². The molecule has 2 nitrogen and oxygen atoms in total. The van der Waals surface area contributed by atoms with Crippen molar-refractivity contribution in [2.75, 3.05) is 0 Å². The Labute approximate surface area is 91.3 Å². The molecule has 1 aliphatic rings. The van der Waals surface area contributed by atoms with Crippen LogP contribution in [0.2, 0.25) is 0 Å². The Hall–Kier alpha value is -1.58. The molecule has 0 spiro atoms. The monoisotopic (exact) mass is 224 g/mol. The molecule has 0 bridgehead atoms. The summed E-state index contributed by atoms with van der Waals surface area (Å²) in [5.74, 6) is -2.92. The third-order valence-electron chi connectivity index (χ3n) is 2.83. The summed E-state index contributed by atoms with van der Waals surface area (Å²) in [5.41, 5.74) is 1.99. The molecule has 1 atom stereocenters. The predicted octanol–water partition coefficient (Wildman–Crippen LogP) is 2.18. The number of fused-ring (bicyclic) bond motifs is 1. The van der Waals surface area contributed by atoms with Crippen LogP contribution in [0.25, 0.3) is 0 Å². The van der Waals surface area contributed by atoms with Gasteiger partial charge < -0.3 is 0 Å². The van der Waals surface area contributed by atoms with Crippen LogP contribution in [0, 0.1) is 12.8 Å². The third kappa shape index (κ3) is 1.64. The summed E-state index contributed by atoms with van der Waals surface area (Å²) in [7, 11) is 0. The van der Waals surface area contributed by atoms with Gasteiger partial charge in [0.15, 0.2) is 5.78 Å². The van der Waals surface area contributed by atoms with Gasteiger partial charge in [-0.15, -0.1) is 0 Å². The fourth-order valence-electron chi connectivity index (χ4n) is 1.98. The molecule has 16 heavy (non-hydrogen) atoms. The van der Waals surface area contributed by atoms with Crippen LogP contribution in [-0.4, -0.2) is 18.0 Å². The van der Waals surface area contributed by atoms with Gasteiger partial charge in [-0.3, -0.25) is 9.59 Å². The molecule has 84 valence electrons. The zero-order valence-corrected chi connectivity index (χ0v) is 8.67. The fraction of sp³-hybridized carbons (Fsp3) is 0.333. The molecule has 0 aromatic heterocycles. The predicted molar refractivity (Wildman–Crippen MR) is 53.7 cm³/mol. The van der Waals surface area contributed by atoms with Crippen molar-refractivity contribution < 1.29 is 18.4 Å². The Morgan fingerprint density at radius 1 is 1.44 bits per heavy atom. The Bertz CT molecular complexity index is 466. The molecule has 0 saturated carbocycles. The van der Waals surface area contributed by atoms with Gasteiger partial charge in [-0.05, 0) is 25.0 Å². The van der Waals surface area contributed by atoms with Gasteiger partial charge in [-0.25, -0.2) is 8.78 Å². The molecule has 0 aliphatic heterocycles. The molecule has 1 unspecified atom stereocenters. The Kier molecular flexibility index (Phi) is 2.58. The number of carbonyl (C=O) groups excluding carboxylic acids is 2. The summed E-state index contributed by atoms with van der Waals surface area (Å²) < 4.78 is 24.5. The maximum Gasteiger partial charge on any atom is 0.296 e. The number of hydrogen-bond donors (Lipinski definition) is 0. The Balaban J connectivity index is 2.35. The Morgan fingerprint density at radius 2 is 2.12 bits per heavy atom. The largest absolute Gasteiger partial charge is 0.296 e. The van der Waals surface area contributed by atoms with E-state index in [4.69, 9.17) is 0 Å². The van der Waals surface area contributed by atoms with Crippen molar-refractivity contribution in [3.05, 3.63) is 34.9 Å². The van der Waals surface area contributed by atoms with Crippen LogP contribution in [0.1, 0.15) is 21.5 Å². The zero-order valence-electron chi connectivity index (χ0n) is 8.67. The smallest absolute Gasteiger partial charge is 0.293 e. The summed E-state index contributed by atoms with van der Waals surface area (Å²) >= 11 is 0. The van der Waals surface area contributed by atoms with Crippen LogP contribution >= 0.6 is 0 Å². The minimum Gasteiger partial charge on any atom is -0.293 e. The van der Waals surface area contributed by atoms with Crippen LogP contribution in [0.15, 0.2) is 18.2 Å². The van der Waals surface area contributed by atoms with E-state index >= 15 is 0 Å². The highest BCUT2D eigenvalue weighted by Crippen LogP contribution is 2.29. The van der Waals surface area contributed by atoms with Crippen LogP contribution in [0.3, 0.4) is 0 Å². The van der Waals surface area contributed by atoms with Gasteiger partial charge in [0.2, 0.25) is 5.78 Å². The third-order valence-corrected chi connectivity index (χ3v) is 2.83. The lowest BCUT2D eigenvalue weighted by molar-refractivity contribution is -0.131. The van der Waals surface area contributed by atoms with Crippen LogP contribution in [-0.2, 0) is 11.2 Å². The number of hydrogen-bond acceptors (Lipinski definition) is 2. The molecule has 1 aliphatic carbocycles. The quantitative estimate of drug-likeness (QED) is 0.721. The lowest BCUT2D eigenvalue weighted by atomic mass is 10.00. The van der Waals surface area contributed by atoms with Gasteiger partial charge >= 0.3 is 0 Å². The van der Waals surface area contributed by atoms with Crippen LogP contribution in [0.4, 0.5) is 8.78 Å². The number of ketones is 2. The number of carbonyl (C=O) groups is 2. The van der Waals surface area contributed by atoms with E-state index in [0.717, 1.165) is 5.56 Å². The van der Waals surface area contributed by atoms with E-state index in [9.17, 15) is 18.4 Å². The first-order valence-electron chi connectivity index (χ1n) is 4.96. The van der Waals surface area contributed by atoms with Crippen molar-refractivity contribution in [2.24, 2.45) is 5.92 Å². The van der Waals surface area contributed by atoms with E-state index in [2.05, 4.69) is 0 Å². The molecule has 0 saturated heterocycles. The summed E-state index contributed by atoms with van der Waals surface area (Å²) in [6.45, 7) is 1.82. The molecule has 0 N–H and O–H groups in total. The van der Waals surface area contributed by atoms with Crippen LogP contribution in [0.5, 0.6) is 0 Å². The standard InChI is InChI=1S/C12H10F2O2/c1-6-2-3-7-5-9(11(16)12(13)14)10(15)8(7)4-6/h2-4,9,12H,5H2,1H3. The highest BCUT2D eigenvalue weighted by molar-refractivity contribution is 6.14.